The van der Waals surface area contributed by atoms with Crippen molar-refractivity contribution in [2.45, 2.75) is 13.0 Å². The number of furan rings is 1. The maximum atomic E-state index is 12.2. The fourth-order valence-corrected chi connectivity index (χ4v) is 2.05. The van der Waals surface area contributed by atoms with E-state index in [1.54, 1.807) is 31.5 Å². The molecule has 0 aliphatic rings. The van der Waals surface area contributed by atoms with E-state index in [2.05, 4.69) is 20.6 Å². The molecule has 7 nitrogen and oxygen atoms in total. The van der Waals surface area contributed by atoms with E-state index in [0.29, 0.717) is 19.0 Å². The molecule has 0 aliphatic carbocycles. The Morgan fingerprint density at radius 2 is 2.17 bits per heavy atom. The predicted molar refractivity (Wildman–Crippen MR) is 92.5 cm³/mol. The van der Waals surface area contributed by atoms with Gasteiger partial charge in [-0.15, -0.1) is 0 Å². The van der Waals surface area contributed by atoms with Crippen LogP contribution in [0.1, 0.15) is 11.5 Å². The number of hydrogen-bond acceptors (Lipinski definition) is 4. The Morgan fingerprint density at radius 3 is 2.83 bits per heavy atom. The molecule has 2 aromatic heterocycles. The van der Waals surface area contributed by atoms with E-state index in [1.165, 1.54) is 0 Å². The van der Waals surface area contributed by atoms with Crippen LogP contribution in [0.2, 0.25) is 0 Å². The van der Waals surface area contributed by atoms with Gasteiger partial charge in [-0.05, 0) is 24.3 Å². The number of aromatic nitrogens is 1. The quantitative estimate of drug-likeness (QED) is 0.586. The molecule has 24 heavy (non-hydrogen) atoms. The van der Waals surface area contributed by atoms with Gasteiger partial charge in [0.15, 0.2) is 5.96 Å². The summed E-state index contributed by atoms with van der Waals surface area (Å²) in [6.45, 7) is 1.31. The van der Waals surface area contributed by atoms with Crippen LogP contribution in [0, 0.1) is 0 Å². The van der Waals surface area contributed by atoms with Crippen LogP contribution < -0.4 is 10.6 Å². The molecule has 0 saturated heterocycles. The summed E-state index contributed by atoms with van der Waals surface area (Å²) in [6.07, 6.45) is 4.11. The second-order valence-electron chi connectivity index (χ2n) is 5.25. The molecule has 2 aromatic rings. The first-order valence-electron chi connectivity index (χ1n) is 7.80. The fraction of sp³-hybridized carbons (Fsp3) is 0.353. The third-order valence-electron chi connectivity index (χ3n) is 3.50. The average molecular weight is 329 g/mol. The van der Waals surface area contributed by atoms with Gasteiger partial charge in [0.1, 0.15) is 5.76 Å². The molecular weight excluding hydrogens is 306 g/mol. The van der Waals surface area contributed by atoms with Gasteiger partial charge in [0.25, 0.3) is 0 Å². The summed E-state index contributed by atoms with van der Waals surface area (Å²) in [7, 11) is 3.44. The molecule has 128 valence electrons. The first-order chi connectivity index (χ1) is 11.7. The Morgan fingerprint density at radius 1 is 1.29 bits per heavy atom. The van der Waals surface area contributed by atoms with Crippen molar-refractivity contribution in [1.82, 2.24) is 20.5 Å². The van der Waals surface area contributed by atoms with Crippen molar-refractivity contribution < 1.29 is 9.21 Å². The second-order valence-corrected chi connectivity index (χ2v) is 5.25. The number of guanidine groups is 1. The standard InChI is InChI=1S/C17H23N5O2/c1-18-17(20-12-15-7-5-11-24-15)21-13-16(23)22(2)10-8-14-6-3-4-9-19-14/h3-7,9,11H,8,10,12-13H2,1-2H3,(H2,18,20,21). The number of likely N-dealkylation sites (N-methyl/N-ethyl adjacent to an activating group) is 1. The lowest BCUT2D eigenvalue weighted by atomic mass is 10.2. The number of pyridine rings is 1. The minimum Gasteiger partial charge on any atom is -0.467 e. The molecule has 0 fully saturated rings. The van der Waals surface area contributed by atoms with Gasteiger partial charge in [-0.2, -0.15) is 0 Å². The molecule has 0 unspecified atom stereocenters. The summed E-state index contributed by atoms with van der Waals surface area (Å²) in [6, 6.07) is 9.48. The van der Waals surface area contributed by atoms with Crippen LogP contribution in [0.5, 0.6) is 0 Å². The first-order valence-corrected chi connectivity index (χ1v) is 7.80. The Bertz CT molecular complexity index is 640. The molecule has 0 radical (unpaired) electrons. The normalized spacial score (nSPS) is 11.2. The second kappa shape index (κ2) is 9.34. The Balaban J connectivity index is 1.70. The van der Waals surface area contributed by atoms with Gasteiger partial charge in [0.2, 0.25) is 5.91 Å². The van der Waals surface area contributed by atoms with E-state index < -0.39 is 0 Å². The van der Waals surface area contributed by atoms with E-state index in [0.717, 1.165) is 17.9 Å². The predicted octanol–water partition coefficient (Wildman–Crippen LogP) is 1.04. The zero-order valence-corrected chi connectivity index (χ0v) is 14.0. The van der Waals surface area contributed by atoms with Crippen LogP contribution >= 0.6 is 0 Å². The van der Waals surface area contributed by atoms with Crippen molar-refractivity contribution in [1.29, 1.82) is 0 Å². The molecule has 0 bridgehead atoms. The highest BCUT2D eigenvalue weighted by Gasteiger charge is 2.10. The minimum atomic E-state index is -0.00752. The largest absolute Gasteiger partial charge is 0.467 e. The molecular formula is C17H23N5O2. The zero-order valence-electron chi connectivity index (χ0n) is 14.0. The molecule has 1 amide bonds. The fourth-order valence-electron chi connectivity index (χ4n) is 2.05. The van der Waals surface area contributed by atoms with E-state index in [9.17, 15) is 4.79 Å². The van der Waals surface area contributed by atoms with Crippen LogP contribution in [0.25, 0.3) is 0 Å². The minimum absolute atomic E-state index is 0.00752. The number of carbonyl (C=O) groups excluding carboxylic acids is 1. The van der Waals surface area contributed by atoms with Crippen LogP contribution in [-0.2, 0) is 17.8 Å². The van der Waals surface area contributed by atoms with Crippen LogP contribution in [0.15, 0.2) is 52.2 Å². The van der Waals surface area contributed by atoms with E-state index in [4.69, 9.17) is 4.42 Å². The van der Waals surface area contributed by atoms with E-state index in [1.807, 2.05) is 30.3 Å². The van der Waals surface area contributed by atoms with Crippen molar-refractivity contribution in [2.75, 3.05) is 27.2 Å². The summed E-state index contributed by atoms with van der Waals surface area (Å²) in [5.41, 5.74) is 0.973. The smallest absolute Gasteiger partial charge is 0.241 e. The zero-order chi connectivity index (χ0) is 17.2. The van der Waals surface area contributed by atoms with Gasteiger partial charge in [0.05, 0.1) is 19.4 Å². The summed E-state index contributed by atoms with van der Waals surface area (Å²) in [4.78, 5) is 22.2. The maximum absolute atomic E-state index is 12.2. The lowest BCUT2D eigenvalue weighted by Gasteiger charge is -2.18. The van der Waals surface area contributed by atoms with Gasteiger partial charge >= 0.3 is 0 Å². The summed E-state index contributed by atoms with van der Waals surface area (Å²) in [5, 5.41) is 6.09. The topological polar surface area (TPSA) is 82.8 Å². The Hall–Kier alpha value is -2.83. The highest BCUT2D eigenvalue weighted by atomic mass is 16.3. The number of carbonyl (C=O) groups is 1. The van der Waals surface area contributed by atoms with Crippen molar-refractivity contribution >= 4 is 11.9 Å². The monoisotopic (exact) mass is 329 g/mol. The van der Waals surface area contributed by atoms with E-state index >= 15 is 0 Å². The summed E-state index contributed by atoms with van der Waals surface area (Å²) in [5.74, 6) is 1.35. The van der Waals surface area contributed by atoms with Crippen molar-refractivity contribution in [2.24, 2.45) is 4.99 Å². The molecule has 2 heterocycles. The van der Waals surface area contributed by atoms with E-state index in [-0.39, 0.29) is 12.5 Å². The Labute approximate surface area is 141 Å². The maximum Gasteiger partial charge on any atom is 0.241 e. The molecule has 0 atom stereocenters. The number of aliphatic imine (C=N–C) groups is 1. The van der Waals surface area contributed by atoms with Crippen molar-refractivity contribution in [3.05, 3.63) is 54.2 Å². The average Bonchev–Trinajstić information content (AvgIpc) is 3.14. The summed E-state index contributed by atoms with van der Waals surface area (Å²) >= 11 is 0. The lowest BCUT2D eigenvalue weighted by molar-refractivity contribution is -0.128. The van der Waals surface area contributed by atoms with Gasteiger partial charge < -0.3 is 20.0 Å². The number of nitrogens with one attached hydrogen (secondary N) is 2. The van der Waals surface area contributed by atoms with Crippen LogP contribution in [-0.4, -0.2) is 48.9 Å². The molecule has 0 saturated carbocycles. The Kier molecular flexibility index (Phi) is 6.82. The van der Waals surface area contributed by atoms with Gasteiger partial charge in [0, 0.05) is 39.0 Å². The van der Waals surface area contributed by atoms with Crippen molar-refractivity contribution in [3.8, 4) is 0 Å². The molecule has 0 aliphatic heterocycles. The molecule has 0 aromatic carbocycles. The third-order valence-corrected chi connectivity index (χ3v) is 3.50. The number of rotatable bonds is 7. The van der Waals surface area contributed by atoms with Gasteiger partial charge in [-0.3, -0.25) is 14.8 Å². The molecule has 2 N–H and O–H groups in total. The van der Waals surface area contributed by atoms with Gasteiger partial charge in [-0.25, -0.2) is 0 Å². The highest BCUT2D eigenvalue weighted by Crippen LogP contribution is 1.98. The van der Waals surface area contributed by atoms with Crippen LogP contribution in [0.4, 0.5) is 0 Å². The first kappa shape index (κ1) is 17.5. The summed E-state index contributed by atoms with van der Waals surface area (Å²) < 4.78 is 5.24. The molecule has 0 spiro atoms. The number of nitrogens with zero attached hydrogens (tertiary/aromatic N) is 3. The van der Waals surface area contributed by atoms with Crippen molar-refractivity contribution in [3.63, 3.8) is 0 Å². The highest BCUT2D eigenvalue weighted by molar-refractivity contribution is 5.86. The molecule has 2 rings (SSSR count). The number of amides is 1. The SMILES string of the molecule is CN=C(NCC(=O)N(C)CCc1ccccn1)NCc1ccco1. The third kappa shape index (κ3) is 5.75. The molecule has 7 heteroatoms. The lowest BCUT2D eigenvalue weighted by Crippen LogP contribution is -2.43. The van der Waals surface area contributed by atoms with Gasteiger partial charge in [-0.1, -0.05) is 6.07 Å². The van der Waals surface area contributed by atoms with Crippen LogP contribution in [0.3, 0.4) is 0 Å². The number of hydrogen-bond donors (Lipinski definition) is 2.